The largest absolute Gasteiger partial charge is 0.299 e. The van der Waals surface area contributed by atoms with Crippen LogP contribution in [0.4, 0.5) is 0 Å². The normalized spacial score (nSPS) is 21.8. The summed E-state index contributed by atoms with van der Waals surface area (Å²) in [7, 11) is 1.77. The van der Waals surface area contributed by atoms with E-state index in [0.29, 0.717) is 18.5 Å². The molecule has 0 spiro atoms. The van der Waals surface area contributed by atoms with Crippen LogP contribution in [0.5, 0.6) is 0 Å². The summed E-state index contributed by atoms with van der Waals surface area (Å²) in [6.45, 7) is 0. The van der Waals surface area contributed by atoms with E-state index in [2.05, 4.69) is 5.10 Å². The van der Waals surface area contributed by atoms with Gasteiger partial charge in [0.05, 0.1) is 5.92 Å². The number of rotatable bonds is 2. The van der Waals surface area contributed by atoms with Gasteiger partial charge in [-0.1, -0.05) is 12.8 Å². The molecule has 86 valence electrons. The van der Waals surface area contributed by atoms with Gasteiger partial charge >= 0.3 is 0 Å². The molecule has 4 nitrogen and oxygen atoms in total. The van der Waals surface area contributed by atoms with Crippen LogP contribution >= 0.6 is 0 Å². The lowest BCUT2D eigenvalue weighted by Crippen LogP contribution is -2.23. The molecule has 1 heterocycles. The van der Waals surface area contributed by atoms with Crippen LogP contribution in [0.15, 0.2) is 12.3 Å². The Morgan fingerprint density at radius 3 is 2.94 bits per heavy atom. The minimum Gasteiger partial charge on any atom is -0.299 e. The fourth-order valence-corrected chi connectivity index (χ4v) is 2.16. The molecule has 0 aromatic carbocycles. The van der Waals surface area contributed by atoms with Gasteiger partial charge in [0.15, 0.2) is 5.78 Å². The van der Waals surface area contributed by atoms with Crippen molar-refractivity contribution in [2.24, 2.45) is 13.0 Å². The van der Waals surface area contributed by atoms with Gasteiger partial charge in [-0.3, -0.25) is 14.3 Å². The topological polar surface area (TPSA) is 52.0 Å². The molecule has 1 aliphatic carbocycles. The molecule has 0 radical (unpaired) electrons. The SMILES string of the molecule is Cn1ccc(C(=O)C2CCCCCC2=O)n1. The second kappa shape index (κ2) is 4.60. The molecular formula is C12H16N2O2. The number of Topliss-reactive ketones (excluding diaryl/α,β-unsaturated/α-hetero) is 2. The van der Waals surface area contributed by atoms with Gasteiger partial charge in [0.2, 0.25) is 0 Å². The van der Waals surface area contributed by atoms with E-state index in [9.17, 15) is 9.59 Å². The quantitative estimate of drug-likeness (QED) is 0.433. The van der Waals surface area contributed by atoms with Crippen LogP contribution in [0.1, 0.15) is 42.6 Å². The van der Waals surface area contributed by atoms with Crippen LogP contribution in [-0.4, -0.2) is 21.3 Å². The van der Waals surface area contributed by atoms with Crippen molar-refractivity contribution in [3.8, 4) is 0 Å². The zero-order valence-electron chi connectivity index (χ0n) is 9.48. The predicted molar refractivity (Wildman–Crippen MR) is 59.1 cm³/mol. The highest BCUT2D eigenvalue weighted by molar-refractivity contribution is 6.09. The van der Waals surface area contributed by atoms with E-state index in [-0.39, 0.29) is 11.6 Å². The third kappa shape index (κ3) is 2.21. The molecule has 1 aromatic rings. The van der Waals surface area contributed by atoms with Gasteiger partial charge in [0, 0.05) is 19.7 Å². The molecule has 0 N–H and O–H groups in total. The van der Waals surface area contributed by atoms with E-state index in [1.165, 1.54) is 0 Å². The molecule has 4 heteroatoms. The lowest BCUT2D eigenvalue weighted by Gasteiger charge is -2.09. The Kier molecular flexibility index (Phi) is 3.17. The average Bonchev–Trinajstić information content (AvgIpc) is 2.57. The van der Waals surface area contributed by atoms with Crippen molar-refractivity contribution in [1.82, 2.24) is 9.78 Å². The van der Waals surface area contributed by atoms with Gasteiger partial charge < -0.3 is 0 Å². The summed E-state index contributed by atoms with van der Waals surface area (Å²) in [5.74, 6) is -0.460. The lowest BCUT2D eigenvalue weighted by molar-refractivity contribution is -0.121. The Bertz CT molecular complexity index is 409. The average molecular weight is 220 g/mol. The summed E-state index contributed by atoms with van der Waals surface area (Å²) in [6.07, 6.45) is 5.91. The van der Waals surface area contributed by atoms with E-state index < -0.39 is 5.92 Å². The summed E-state index contributed by atoms with van der Waals surface area (Å²) in [5.41, 5.74) is 0.419. The zero-order valence-corrected chi connectivity index (χ0v) is 9.48. The lowest BCUT2D eigenvalue weighted by atomic mass is 9.92. The van der Waals surface area contributed by atoms with Gasteiger partial charge in [-0.2, -0.15) is 5.10 Å². The number of ketones is 2. The van der Waals surface area contributed by atoms with Gasteiger partial charge in [0.1, 0.15) is 11.5 Å². The molecule has 16 heavy (non-hydrogen) atoms. The molecule has 0 bridgehead atoms. The number of carbonyl (C=O) groups is 2. The fraction of sp³-hybridized carbons (Fsp3) is 0.583. The van der Waals surface area contributed by atoms with Gasteiger partial charge in [-0.15, -0.1) is 0 Å². The van der Waals surface area contributed by atoms with E-state index >= 15 is 0 Å². The zero-order chi connectivity index (χ0) is 11.5. The molecule has 1 aliphatic rings. The van der Waals surface area contributed by atoms with Crippen molar-refractivity contribution in [1.29, 1.82) is 0 Å². The van der Waals surface area contributed by atoms with Crippen molar-refractivity contribution in [3.63, 3.8) is 0 Å². The standard InChI is InChI=1S/C12H16N2O2/c1-14-8-7-10(13-14)12(16)9-5-3-2-4-6-11(9)15/h7-9H,2-6H2,1H3. The third-order valence-electron chi connectivity index (χ3n) is 3.09. The fourth-order valence-electron chi connectivity index (χ4n) is 2.16. The van der Waals surface area contributed by atoms with Gasteiger partial charge in [-0.05, 0) is 18.9 Å². The molecule has 1 atom stereocenters. The molecule has 1 saturated carbocycles. The summed E-state index contributed by atoms with van der Waals surface area (Å²) in [6, 6.07) is 1.68. The number of hydrogen-bond donors (Lipinski definition) is 0. The van der Waals surface area contributed by atoms with Crippen LogP contribution in [0.3, 0.4) is 0 Å². The van der Waals surface area contributed by atoms with E-state index in [0.717, 1.165) is 19.3 Å². The molecule has 1 fully saturated rings. The Labute approximate surface area is 94.6 Å². The number of hydrogen-bond acceptors (Lipinski definition) is 3. The highest BCUT2D eigenvalue weighted by Crippen LogP contribution is 2.22. The summed E-state index contributed by atoms with van der Waals surface area (Å²) >= 11 is 0. The summed E-state index contributed by atoms with van der Waals surface area (Å²) in [4.78, 5) is 23.9. The Morgan fingerprint density at radius 1 is 1.44 bits per heavy atom. The Balaban J connectivity index is 2.16. The van der Waals surface area contributed by atoms with E-state index in [1.54, 1.807) is 24.0 Å². The van der Waals surface area contributed by atoms with E-state index in [1.807, 2.05) is 0 Å². The maximum atomic E-state index is 12.1. The highest BCUT2D eigenvalue weighted by atomic mass is 16.2. The second-order valence-electron chi connectivity index (χ2n) is 4.36. The molecule has 0 aliphatic heterocycles. The van der Waals surface area contributed by atoms with Crippen LogP contribution in [0.25, 0.3) is 0 Å². The summed E-state index contributed by atoms with van der Waals surface area (Å²) in [5, 5.41) is 4.07. The molecule has 0 amide bonds. The van der Waals surface area contributed by atoms with Crippen molar-refractivity contribution < 1.29 is 9.59 Å². The summed E-state index contributed by atoms with van der Waals surface area (Å²) < 4.78 is 1.59. The monoisotopic (exact) mass is 220 g/mol. The van der Waals surface area contributed by atoms with Crippen LogP contribution < -0.4 is 0 Å². The molecular weight excluding hydrogens is 204 g/mol. The molecule has 2 rings (SSSR count). The van der Waals surface area contributed by atoms with Gasteiger partial charge in [-0.25, -0.2) is 0 Å². The van der Waals surface area contributed by atoms with Gasteiger partial charge in [0.25, 0.3) is 0 Å². The maximum Gasteiger partial charge on any atom is 0.193 e. The number of aryl methyl sites for hydroxylation is 1. The van der Waals surface area contributed by atoms with Crippen molar-refractivity contribution >= 4 is 11.6 Å². The minimum atomic E-state index is -0.447. The highest BCUT2D eigenvalue weighted by Gasteiger charge is 2.29. The number of nitrogens with zero attached hydrogens (tertiary/aromatic N) is 2. The minimum absolute atomic E-state index is 0.0909. The predicted octanol–water partition coefficient (Wildman–Crippen LogP) is 1.75. The first-order valence-corrected chi connectivity index (χ1v) is 5.75. The van der Waals surface area contributed by atoms with Crippen molar-refractivity contribution in [3.05, 3.63) is 18.0 Å². The molecule has 0 saturated heterocycles. The smallest absolute Gasteiger partial charge is 0.193 e. The van der Waals surface area contributed by atoms with Crippen LogP contribution in [-0.2, 0) is 11.8 Å². The molecule has 1 aromatic heterocycles. The maximum absolute atomic E-state index is 12.1. The van der Waals surface area contributed by atoms with E-state index in [4.69, 9.17) is 0 Å². The number of carbonyl (C=O) groups excluding carboxylic acids is 2. The first-order chi connectivity index (χ1) is 7.68. The Morgan fingerprint density at radius 2 is 2.25 bits per heavy atom. The second-order valence-corrected chi connectivity index (χ2v) is 4.36. The third-order valence-corrected chi connectivity index (χ3v) is 3.09. The first kappa shape index (κ1) is 11.0. The number of aromatic nitrogens is 2. The van der Waals surface area contributed by atoms with Crippen molar-refractivity contribution in [2.45, 2.75) is 32.1 Å². The first-order valence-electron chi connectivity index (χ1n) is 5.75. The Hall–Kier alpha value is -1.45. The van der Waals surface area contributed by atoms with Crippen LogP contribution in [0, 0.1) is 5.92 Å². The molecule has 1 unspecified atom stereocenters. The van der Waals surface area contributed by atoms with Crippen LogP contribution in [0.2, 0.25) is 0 Å². The van der Waals surface area contributed by atoms with Crippen molar-refractivity contribution in [2.75, 3.05) is 0 Å².